The number of carboxylic acids is 1. The first-order chi connectivity index (χ1) is 6.97. The fraction of sp³-hybridized carbons (Fsp3) is 0.222. The Hall–Kier alpha value is -1.69. The number of benzene rings is 1. The molecule has 1 aromatic rings. The summed E-state index contributed by atoms with van der Waals surface area (Å²) in [6.07, 6.45) is 0. The molecule has 0 radical (unpaired) electrons. The van der Waals surface area contributed by atoms with Crippen LogP contribution in [-0.4, -0.2) is 18.2 Å². The number of halogens is 2. The summed E-state index contributed by atoms with van der Waals surface area (Å²) >= 11 is 0. The van der Waals surface area contributed by atoms with E-state index in [0.29, 0.717) is 6.07 Å². The van der Waals surface area contributed by atoms with E-state index in [1.807, 2.05) is 0 Å². The van der Waals surface area contributed by atoms with Crippen LogP contribution >= 0.6 is 0 Å². The molecule has 0 aliphatic carbocycles. The molecule has 82 valence electrons. The Morgan fingerprint density at radius 2 is 2.07 bits per heavy atom. The molecule has 0 fully saturated rings. The van der Waals surface area contributed by atoms with E-state index < -0.39 is 29.2 Å². The molecule has 0 saturated carbocycles. The molecule has 4 nitrogen and oxygen atoms in total. The van der Waals surface area contributed by atoms with Crippen molar-refractivity contribution in [1.82, 2.24) is 0 Å². The Morgan fingerprint density at radius 1 is 1.47 bits per heavy atom. The summed E-state index contributed by atoms with van der Waals surface area (Å²) in [5, 5.41) is 8.53. The fourth-order valence-corrected chi connectivity index (χ4v) is 1.07. The Bertz CT molecular complexity index is 395. The van der Waals surface area contributed by atoms with E-state index in [0.717, 1.165) is 6.07 Å². The van der Waals surface area contributed by atoms with Crippen molar-refractivity contribution in [2.24, 2.45) is 5.73 Å². The van der Waals surface area contributed by atoms with Crippen LogP contribution in [0.25, 0.3) is 0 Å². The number of ether oxygens (including phenoxy) is 1. The van der Waals surface area contributed by atoms with Crippen molar-refractivity contribution in [3.05, 3.63) is 29.3 Å². The maximum Gasteiger partial charge on any atom is 0.325 e. The van der Waals surface area contributed by atoms with Crippen LogP contribution in [0, 0.1) is 11.6 Å². The van der Waals surface area contributed by atoms with Gasteiger partial charge in [-0.2, -0.15) is 0 Å². The number of carbonyl (C=O) groups is 1. The van der Waals surface area contributed by atoms with Gasteiger partial charge < -0.3 is 15.6 Å². The minimum absolute atomic E-state index is 0.297. The van der Waals surface area contributed by atoms with Gasteiger partial charge in [0.2, 0.25) is 0 Å². The molecule has 0 saturated heterocycles. The number of aliphatic carboxylic acids is 1. The second kappa shape index (κ2) is 4.22. The third-order valence-corrected chi connectivity index (χ3v) is 1.87. The molecule has 1 aromatic carbocycles. The van der Waals surface area contributed by atoms with Crippen LogP contribution in [-0.2, 0) is 4.79 Å². The monoisotopic (exact) mass is 217 g/mol. The lowest BCUT2D eigenvalue weighted by Gasteiger charge is -2.10. The Kier molecular flexibility index (Phi) is 3.21. The normalized spacial score (nSPS) is 12.3. The van der Waals surface area contributed by atoms with Crippen LogP contribution in [0.15, 0.2) is 12.1 Å². The number of hydrogen-bond acceptors (Lipinski definition) is 3. The maximum atomic E-state index is 13.2. The summed E-state index contributed by atoms with van der Waals surface area (Å²) in [5.41, 5.74) is 4.74. The lowest BCUT2D eigenvalue weighted by molar-refractivity contribution is -0.138. The minimum Gasteiger partial charge on any atom is -0.494 e. The van der Waals surface area contributed by atoms with Gasteiger partial charge in [-0.05, 0) is 6.07 Å². The summed E-state index contributed by atoms with van der Waals surface area (Å²) < 4.78 is 30.9. The Morgan fingerprint density at radius 3 is 2.53 bits per heavy atom. The molecular formula is C9H9F2NO3. The molecule has 0 bridgehead atoms. The molecule has 6 heteroatoms. The van der Waals surface area contributed by atoms with Crippen molar-refractivity contribution in [3.8, 4) is 5.75 Å². The van der Waals surface area contributed by atoms with E-state index in [2.05, 4.69) is 4.74 Å². The van der Waals surface area contributed by atoms with E-state index in [9.17, 15) is 13.6 Å². The van der Waals surface area contributed by atoms with Gasteiger partial charge in [-0.1, -0.05) is 0 Å². The van der Waals surface area contributed by atoms with Crippen molar-refractivity contribution >= 4 is 5.97 Å². The van der Waals surface area contributed by atoms with Crippen LogP contribution in [0.4, 0.5) is 8.78 Å². The summed E-state index contributed by atoms with van der Waals surface area (Å²) in [6.45, 7) is 0. The van der Waals surface area contributed by atoms with Gasteiger partial charge in [0, 0.05) is 11.6 Å². The lowest BCUT2D eigenvalue weighted by atomic mass is 10.1. The molecule has 0 aliphatic heterocycles. The highest BCUT2D eigenvalue weighted by Gasteiger charge is 2.21. The SMILES string of the molecule is COc1cc(F)c([C@H](N)C(=O)O)cc1F. The van der Waals surface area contributed by atoms with Gasteiger partial charge in [-0.3, -0.25) is 4.79 Å². The average Bonchev–Trinajstić information content (AvgIpc) is 2.19. The van der Waals surface area contributed by atoms with E-state index in [1.165, 1.54) is 7.11 Å². The van der Waals surface area contributed by atoms with Crippen LogP contribution < -0.4 is 10.5 Å². The predicted molar refractivity (Wildman–Crippen MR) is 47.5 cm³/mol. The highest BCUT2D eigenvalue weighted by Crippen LogP contribution is 2.24. The number of hydrogen-bond donors (Lipinski definition) is 2. The third-order valence-electron chi connectivity index (χ3n) is 1.87. The van der Waals surface area contributed by atoms with Crippen molar-refractivity contribution in [3.63, 3.8) is 0 Å². The molecule has 0 aromatic heterocycles. The standard InChI is InChI=1S/C9H9F2NO3/c1-15-7-3-5(10)4(2-6(7)11)8(12)9(13)14/h2-3,8H,12H2,1H3,(H,13,14)/t8-/m0/s1. The number of nitrogens with two attached hydrogens (primary N) is 1. The summed E-state index contributed by atoms with van der Waals surface area (Å²) in [5.74, 6) is -3.50. The first-order valence-corrected chi connectivity index (χ1v) is 3.98. The highest BCUT2D eigenvalue weighted by atomic mass is 19.1. The van der Waals surface area contributed by atoms with Gasteiger partial charge in [-0.25, -0.2) is 8.78 Å². The van der Waals surface area contributed by atoms with Crippen molar-refractivity contribution in [2.75, 3.05) is 7.11 Å². The van der Waals surface area contributed by atoms with Crippen LogP contribution in [0.3, 0.4) is 0 Å². The van der Waals surface area contributed by atoms with E-state index in [1.54, 1.807) is 0 Å². The molecule has 0 unspecified atom stereocenters. The zero-order valence-electron chi connectivity index (χ0n) is 7.83. The number of rotatable bonds is 3. The molecule has 0 spiro atoms. The van der Waals surface area contributed by atoms with Crippen LogP contribution in [0.2, 0.25) is 0 Å². The van der Waals surface area contributed by atoms with E-state index in [4.69, 9.17) is 10.8 Å². The molecule has 0 amide bonds. The summed E-state index contributed by atoms with van der Waals surface area (Å²) in [6, 6.07) is -0.120. The van der Waals surface area contributed by atoms with Gasteiger partial charge in [-0.15, -0.1) is 0 Å². The minimum atomic E-state index is -1.59. The van der Waals surface area contributed by atoms with E-state index >= 15 is 0 Å². The lowest BCUT2D eigenvalue weighted by Crippen LogP contribution is -2.22. The predicted octanol–water partition coefficient (Wildman–Crippen LogP) is 1.06. The second-order valence-corrected chi connectivity index (χ2v) is 2.82. The Labute approximate surface area is 84.3 Å². The highest BCUT2D eigenvalue weighted by molar-refractivity contribution is 5.75. The maximum absolute atomic E-state index is 13.2. The molecular weight excluding hydrogens is 208 g/mol. The number of methoxy groups -OCH3 is 1. The first kappa shape index (κ1) is 11.4. The molecule has 1 atom stereocenters. The van der Waals surface area contributed by atoms with Gasteiger partial charge in [0.1, 0.15) is 11.9 Å². The zero-order chi connectivity index (χ0) is 11.6. The molecule has 3 N–H and O–H groups in total. The van der Waals surface area contributed by atoms with E-state index in [-0.39, 0.29) is 5.75 Å². The molecule has 0 heterocycles. The molecule has 1 rings (SSSR count). The smallest absolute Gasteiger partial charge is 0.325 e. The average molecular weight is 217 g/mol. The van der Waals surface area contributed by atoms with Crippen molar-refractivity contribution < 1.29 is 23.4 Å². The number of carboxylic acid groups (broad SMARTS) is 1. The van der Waals surface area contributed by atoms with Gasteiger partial charge in [0.25, 0.3) is 0 Å². The molecule has 15 heavy (non-hydrogen) atoms. The van der Waals surface area contributed by atoms with Gasteiger partial charge >= 0.3 is 5.97 Å². The first-order valence-electron chi connectivity index (χ1n) is 3.98. The molecule has 0 aliphatic rings. The second-order valence-electron chi connectivity index (χ2n) is 2.82. The van der Waals surface area contributed by atoms with Gasteiger partial charge in [0.05, 0.1) is 7.11 Å². The fourth-order valence-electron chi connectivity index (χ4n) is 1.07. The Balaban J connectivity index is 3.21. The summed E-state index contributed by atoms with van der Waals surface area (Å²) in [4.78, 5) is 10.5. The third kappa shape index (κ3) is 2.21. The van der Waals surface area contributed by atoms with Crippen LogP contribution in [0.5, 0.6) is 5.75 Å². The van der Waals surface area contributed by atoms with Gasteiger partial charge in [0.15, 0.2) is 11.6 Å². The quantitative estimate of drug-likeness (QED) is 0.793. The van der Waals surface area contributed by atoms with Crippen molar-refractivity contribution in [1.29, 1.82) is 0 Å². The van der Waals surface area contributed by atoms with Crippen LogP contribution in [0.1, 0.15) is 11.6 Å². The summed E-state index contributed by atoms with van der Waals surface area (Å²) in [7, 11) is 1.18. The van der Waals surface area contributed by atoms with Crippen molar-refractivity contribution in [2.45, 2.75) is 6.04 Å². The largest absolute Gasteiger partial charge is 0.494 e. The zero-order valence-corrected chi connectivity index (χ0v) is 7.83. The topological polar surface area (TPSA) is 72.5 Å².